The fourth-order valence-electron chi connectivity index (χ4n) is 0.991. The van der Waals surface area contributed by atoms with Crippen molar-refractivity contribution in [2.75, 3.05) is 14.2 Å². The third kappa shape index (κ3) is 1.96. The number of H-pyrrole nitrogens is 2. The van der Waals surface area contributed by atoms with E-state index in [1.54, 1.807) is 14.2 Å². The zero-order chi connectivity index (χ0) is 8.97. The molecule has 1 aromatic heterocycles. The van der Waals surface area contributed by atoms with Crippen LogP contribution in [0.25, 0.3) is 0 Å². The van der Waals surface area contributed by atoms with Gasteiger partial charge in [-0.2, -0.15) is 0 Å². The Morgan fingerprint density at radius 2 is 1.50 bits per heavy atom. The van der Waals surface area contributed by atoms with Gasteiger partial charge in [-0.05, 0) is 0 Å². The predicted molar refractivity (Wildman–Crippen MR) is 42.8 cm³/mol. The summed E-state index contributed by atoms with van der Waals surface area (Å²) in [6.45, 7) is 0.773. The third-order valence-electron chi connectivity index (χ3n) is 1.47. The van der Waals surface area contributed by atoms with E-state index in [1.165, 1.54) is 0 Å². The van der Waals surface area contributed by atoms with Crippen LogP contribution in [-0.2, 0) is 22.7 Å². The molecule has 0 aliphatic carbocycles. The van der Waals surface area contributed by atoms with Gasteiger partial charge >= 0.3 is 5.69 Å². The van der Waals surface area contributed by atoms with Crippen LogP contribution in [0.1, 0.15) is 11.4 Å². The van der Waals surface area contributed by atoms with E-state index in [0.29, 0.717) is 13.2 Å². The number of aromatic nitrogens is 2. The van der Waals surface area contributed by atoms with Gasteiger partial charge in [-0.1, -0.05) is 0 Å². The maximum absolute atomic E-state index is 10.8. The summed E-state index contributed by atoms with van der Waals surface area (Å²) in [6.07, 6.45) is 0. The molecule has 0 aliphatic heterocycles. The molecule has 0 atom stereocenters. The van der Waals surface area contributed by atoms with E-state index in [-0.39, 0.29) is 5.69 Å². The van der Waals surface area contributed by atoms with Crippen molar-refractivity contribution in [1.82, 2.24) is 9.97 Å². The van der Waals surface area contributed by atoms with E-state index in [0.717, 1.165) is 11.4 Å². The molecule has 0 saturated carbocycles. The summed E-state index contributed by atoms with van der Waals surface area (Å²) >= 11 is 0. The molecule has 0 aromatic carbocycles. The topological polar surface area (TPSA) is 67.1 Å². The lowest BCUT2D eigenvalue weighted by atomic mass is 10.3. The van der Waals surface area contributed by atoms with Gasteiger partial charge in [0.25, 0.3) is 0 Å². The van der Waals surface area contributed by atoms with Gasteiger partial charge in [0.15, 0.2) is 0 Å². The van der Waals surface area contributed by atoms with Gasteiger partial charge in [0.1, 0.15) is 0 Å². The smallest absolute Gasteiger partial charge is 0.323 e. The Morgan fingerprint density at radius 1 is 1.08 bits per heavy atom. The van der Waals surface area contributed by atoms with E-state index in [1.807, 2.05) is 0 Å². The van der Waals surface area contributed by atoms with E-state index < -0.39 is 0 Å². The van der Waals surface area contributed by atoms with Crippen LogP contribution >= 0.6 is 0 Å². The highest BCUT2D eigenvalue weighted by molar-refractivity contribution is 5.08. The number of hydrogen-bond donors (Lipinski definition) is 2. The van der Waals surface area contributed by atoms with Crippen molar-refractivity contribution >= 4 is 0 Å². The molecule has 2 N–H and O–H groups in total. The summed E-state index contributed by atoms with van der Waals surface area (Å²) in [5, 5.41) is 0. The molecular weight excluding hydrogens is 160 g/mol. The highest BCUT2D eigenvalue weighted by atomic mass is 16.5. The Morgan fingerprint density at radius 3 is 1.83 bits per heavy atom. The largest absolute Gasteiger partial charge is 0.378 e. The molecule has 0 spiro atoms. The summed E-state index contributed by atoms with van der Waals surface area (Å²) in [4.78, 5) is 16.1. The van der Waals surface area contributed by atoms with Gasteiger partial charge in [0.05, 0.1) is 24.6 Å². The number of ether oxygens (including phenoxy) is 2. The van der Waals surface area contributed by atoms with Crippen LogP contribution in [0.4, 0.5) is 0 Å². The van der Waals surface area contributed by atoms with E-state index in [4.69, 9.17) is 9.47 Å². The predicted octanol–water partition coefficient (Wildman–Crippen LogP) is -0.00420. The molecule has 68 valence electrons. The minimum atomic E-state index is -0.228. The van der Waals surface area contributed by atoms with Gasteiger partial charge in [-0.25, -0.2) is 4.79 Å². The summed E-state index contributed by atoms with van der Waals surface area (Å²) < 4.78 is 9.77. The normalized spacial score (nSPS) is 10.5. The first-order chi connectivity index (χ1) is 5.77. The molecule has 1 aromatic rings. The van der Waals surface area contributed by atoms with Crippen LogP contribution in [0.2, 0.25) is 0 Å². The van der Waals surface area contributed by atoms with Gasteiger partial charge < -0.3 is 19.4 Å². The van der Waals surface area contributed by atoms with E-state index in [9.17, 15) is 4.79 Å². The van der Waals surface area contributed by atoms with Crippen LogP contribution < -0.4 is 5.69 Å². The zero-order valence-corrected chi connectivity index (χ0v) is 7.14. The van der Waals surface area contributed by atoms with Crippen molar-refractivity contribution in [2.24, 2.45) is 0 Å². The molecule has 0 radical (unpaired) electrons. The van der Waals surface area contributed by atoms with Crippen LogP contribution in [0.3, 0.4) is 0 Å². The summed E-state index contributed by atoms with van der Waals surface area (Å²) in [6, 6.07) is 0. The molecule has 5 heteroatoms. The average molecular weight is 172 g/mol. The van der Waals surface area contributed by atoms with Crippen molar-refractivity contribution < 1.29 is 9.47 Å². The Labute approximate surface area is 69.7 Å². The zero-order valence-electron chi connectivity index (χ0n) is 7.14. The van der Waals surface area contributed by atoms with Gasteiger partial charge in [0.2, 0.25) is 0 Å². The number of nitrogens with one attached hydrogen (secondary N) is 2. The highest BCUT2D eigenvalue weighted by Gasteiger charge is 2.05. The Kier molecular flexibility index (Phi) is 3.07. The lowest BCUT2D eigenvalue weighted by molar-refractivity contribution is 0.164. The number of rotatable bonds is 4. The van der Waals surface area contributed by atoms with Crippen LogP contribution in [0.15, 0.2) is 4.79 Å². The first-order valence-electron chi connectivity index (χ1n) is 3.56. The minimum absolute atomic E-state index is 0.228. The summed E-state index contributed by atoms with van der Waals surface area (Å²) in [7, 11) is 3.14. The molecule has 5 nitrogen and oxygen atoms in total. The third-order valence-corrected chi connectivity index (χ3v) is 1.47. The first kappa shape index (κ1) is 9.02. The molecule has 0 amide bonds. The summed E-state index contributed by atoms with van der Waals surface area (Å²) in [5.74, 6) is 0. The number of methoxy groups -OCH3 is 2. The second-order valence-corrected chi connectivity index (χ2v) is 2.40. The van der Waals surface area contributed by atoms with E-state index in [2.05, 4.69) is 9.97 Å². The lowest BCUT2D eigenvalue weighted by Crippen LogP contribution is -2.01. The van der Waals surface area contributed by atoms with Crippen LogP contribution in [0.5, 0.6) is 0 Å². The highest BCUT2D eigenvalue weighted by Crippen LogP contribution is 2.02. The van der Waals surface area contributed by atoms with Gasteiger partial charge in [-0.3, -0.25) is 0 Å². The molecule has 12 heavy (non-hydrogen) atoms. The van der Waals surface area contributed by atoms with Gasteiger partial charge in [0, 0.05) is 14.2 Å². The molecular formula is C7H12N2O3. The van der Waals surface area contributed by atoms with Crippen molar-refractivity contribution in [1.29, 1.82) is 0 Å². The monoisotopic (exact) mass is 172 g/mol. The minimum Gasteiger partial charge on any atom is -0.378 e. The maximum Gasteiger partial charge on any atom is 0.323 e. The first-order valence-corrected chi connectivity index (χ1v) is 3.56. The molecule has 0 aliphatic rings. The maximum atomic E-state index is 10.8. The summed E-state index contributed by atoms with van der Waals surface area (Å²) in [5.41, 5.74) is 1.25. The second-order valence-electron chi connectivity index (χ2n) is 2.40. The van der Waals surface area contributed by atoms with Gasteiger partial charge in [-0.15, -0.1) is 0 Å². The quantitative estimate of drug-likeness (QED) is 0.671. The molecule has 1 rings (SSSR count). The van der Waals surface area contributed by atoms with Crippen molar-refractivity contribution in [3.63, 3.8) is 0 Å². The van der Waals surface area contributed by atoms with Crippen molar-refractivity contribution in [3.05, 3.63) is 21.9 Å². The fourth-order valence-corrected chi connectivity index (χ4v) is 0.991. The average Bonchev–Trinajstić information content (AvgIpc) is 2.33. The number of aromatic amines is 2. The Balaban J connectivity index is 2.84. The number of hydrogen-bond acceptors (Lipinski definition) is 3. The molecule has 0 fully saturated rings. The molecule has 0 bridgehead atoms. The lowest BCUT2D eigenvalue weighted by Gasteiger charge is -1.99. The standard InChI is InChI=1S/C7H12N2O3/c1-11-3-5-6(4-12-2)9-7(10)8-5/h3-4H2,1-2H3,(H2,8,9,10). The molecule has 0 saturated heterocycles. The number of imidazole rings is 1. The van der Waals surface area contributed by atoms with Crippen LogP contribution in [-0.4, -0.2) is 24.2 Å². The van der Waals surface area contributed by atoms with E-state index >= 15 is 0 Å². The second kappa shape index (κ2) is 4.08. The SMILES string of the molecule is COCc1[nH]c(=O)[nH]c1COC. The molecule has 0 unspecified atom stereocenters. The Bertz CT molecular complexity index is 263. The van der Waals surface area contributed by atoms with Crippen molar-refractivity contribution in [2.45, 2.75) is 13.2 Å². The van der Waals surface area contributed by atoms with Crippen LogP contribution in [0, 0.1) is 0 Å². The Hall–Kier alpha value is -1.07. The fraction of sp³-hybridized carbons (Fsp3) is 0.571. The van der Waals surface area contributed by atoms with Crippen molar-refractivity contribution in [3.8, 4) is 0 Å². The molecule has 1 heterocycles.